The molecular formula is C17H21F3N6. The summed E-state index contributed by atoms with van der Waals surface area (Å²) < 4.78 is 40.5. The van der Waals surface area contributed by atoms with E-state index in [0.717, 1.165) is 50.7 Å². The van der Waals surface area contributed by atoms with Gasteiger partial charge in [0.05, 0.1) is 6.54 Å². The Morgan fingerprint density at radius 2 is 1.85 bits per heavy atom. The van der Waals surface area contributed by atoms with Gasteiger partial charge in [0.2, 0.25) is 0 Å². The molecule has 0 aromatic carbocycles. The van der Waals surface area contributed by atoms with Crippen molar-refractivity contribution in [2.45, 2.75) is 50.5 Å². The van der Waals surface area contributed by atoms with E-state index in [-0.39, 0.29) is 11.9 Å². The lowest BCUT2D eigenvalue weighted by molar-refractivity contribution is -0.141. The van der Waals surface area contributed by atoms with Gasteiger partial charge in [0.1, 0.15) is 23.7 Å². The molecule has 1 N–H and O–H groups in total. The van der Waals surface area contributed by atoms with Crippen molar-refractivity contribution >= 4 is 5.82 Å². The predicted octanol–water partition coefficient (Wildman–Crippen LogP) is 3.10. The summed E-state index contributed by atoms with van der Waals surface area (Å²) in [5, 5.41) is 3.11. The maximum atomic E-state index is 12.7. The minimum absolute atomic E-state index is 0.116. The normalized spacial score (nSPS) is 19.7. The lowest BCUT2D eigenvalue weighted by Gasteiger charge is -2.32. The number of hydrogen-bond acceptors (Lipinski definition) is 5. The van der Waals surface area contributed by atoms with Crippen LogP contribution in [0.3, 0.4) is 0 Å². The molecule has 2 aromatic heterocycles. The van der Waals surface area contributed by atoms with Gasteiger partial charge in [-0.2, -0.15) is 13.2 Å². The topological polar surface area (TPSA) is 58.9 Å². The molecule has 2 aromatic rings. The summed E-state index contributed by atoms with van der Waals surface area (Å²) in [6.07, 6.45) is 4.58. The van der Waals surface area contributed by atoms with Gasteiger partial charge in [-0.05, 0) is 25.7 Å². The average molecular weight is 366 g/mol. The van der Waals surface area contributed by atoms with Gasteiger partial charge in [-0.15, -0.1) is 0 Å². The highest BCUT2D eigenvalue weighted by Crippen LogP contribution is 2.35. The summed E-state index contributed by atoms with van der Waals surface area (Å²) in [6, 6.07) is 1.71. The molecule has 0 radical (unpaired) electrons. The molecule has 0 spiro atoms. The molecule has 1 aliphatic heterocycles. The molecule has 0 atom stereocenters. The van der Waals surface area contributed by atoms with Crippen molar-refractivity contribution in [2.75, 3.05) is 18.4 Å². The zero-order valence-electron chi connectivity index (χ0n) is 14.3. The van der Waals surface area contributed by atoms with E-state index in [1.165, 1.54) is 12.8 Å². The quantitative estimate of drug-likeness (QED) is 0.881. The van der Waals surface area contributed by atoms with E-state index in [1.807, 2.05) is 6.20 Å². The molecule has 9 heteroatoms. The highest BCUT2D eigenvalue weighted by atomic mass is 19.4. The fraction of sp³-hybridized carbons (Fsp3) is 0.588. The first-order valence-electron chi connectivity index (χ1n) is 8.89. The number of nitrogens with one attached hydrogen (secondary N) is 1. The fourth-order valence-electron chi connectivity index (χ4n) is 3.39. The van der Waals surface area contributed by atoms with Crippen molar-refractivity contribution in [3.63, 3.8) is 0 Å². The Balaban J connectivity index is 1.30. The van der Waals surface area contributed by atoms with Crippen LogP contribution in [0.1, 0.15) is 43.2 Å². The lowest BCUT2D eigenvalue weighted by atomic mass is 10.1. The van der Waals surface area contributed by atoms with Crippen molar-refractivity contribution in [3.8, 4) is 0 Å². The van der Waals surface area contributed by atoms with Gasteiger partial charge in [-0.3, -0.25) is 4.90 Å². The van der Waals surface area contributed by atoms with Crippen LogP contribution in [0.4, 0.5) is 19.0 Å². The molecule has 3 heterocycles. The first kappa shape index (κ1) is 17.3. The number of likely N-dealkylation sites (tertiary alicyclic amines) is 1. The molecule has 0 unspecified atom stereocenters. The van der Waals surface area contributed by atoms with Crippen LogP contribution in [0.5, 0.6) is 0 Å². The van der Waals surface area contributed by atoms with E-state index in [2.05, 4.69) is 35.9 Å². The van der Waals surface area contributed by atoms with Gasteiger partial charge in [0.15, 0.2) is 0 Å². The highest BCUT2D eigenvalue weighted by Gasteiger charge is 2.33. The van der Waals surface area contributed by atoms with Crippen molar-refractivity contribution < 1.29 is 13.2 Å². The van der Waals surface area contributed by atoms with Crippen LogP contribution in [0, 0.1) is 0 Å². The monoisotopic (exact) mass is 366 g/mol. The molecule has 4 rings (SSSR count). The maximum absolute atomic E-state index is 12.7. The minimum atomic E-state index is -4.45. The molecular weight excluding hydrogens is 345 g/mol. The van der Waals surface area contributed by atoms with Crippen molar-refractivity contribution in [2.24, 2.45) is 0 Å². The number of halogens is 3. The Labute approximate surface area is 149 Å². The van der Waals surface area contributed by atoms with Crippen molar-refractivity contribution in [1.29, 1.82) is 0 Å². The van der Waals surface area contributed by atoms with Gasteiger partial charge >= 0.3 is 6.18 Å². The first-order valence-corrected chi connectivity index (χ1v) is 8.89. The smallest absolute Gasteiger partial charge is 0.367 e. The lowest BCUT2D eigenvalue weighted by Crippen LogP contribution is -2.39. The minimum Gasteiger partial charge on any atom is -0.367 e. The van der Waals surface area contributed by atoms with Gasteiger partial charge in [-0.1, -0.05) is 0 Å². The SMILES string of the molecule is FC(F)(F)c1cc(NC2CCN(Cc3nccn3C3CC3)CC2)ncn1. The van der Waals surface area contributed by atoms with E-state index < -0.39 is 11.9 Å². The van der Waals surface area contributed by atoms with E-state index in [4.69, 9.17) is 0 Å². The second kappa shape index (κ2) is 6.86. The third kappa shape index (κ3) is 3.98. The van der Waals surface area contributed by atoms with Crippen LogP contribution in [-0.2, 0) is 12.7 Å². The zero-order valence-corrected chi connectivity index (χ0v) is 14.3. The summed E-state index contributed by atoms with van der Waals surface area (Å²) in [5.74, 6) is 1.33. The number of piperidine rings is 1. The highest BCUT2D eigenvalue weighted by molar-refractivity contribution is 5.36. The summed E-state index contributed by atoms with van der Waals surface area (Å²) in [5.41, 5.74) is -0.917. The second-order valence-electron chi connectivity index (χ2n) is 6.96. The molecule has 2 fully saturated rings. The van der Waals surface area contributed by atoms with Gasteiger partial charge in [0, 0.05) is 43.6 Å². The molecule has 26 heavy (non-hydrogen) atoms. The molecule has 0 bridgehead atoms. The Kier molecular flexibility index (Phi) is 4.56. The Hall–Kier alpha value is -2.16. The van der Waals surface area contributed by atoms with E-state index in [1.54, 1.807) is 0 Å². The van der Waals surface area contributed by atoms with Crippen LogP contribution in [0.15, 0.2) is 24.8 Å². The van der Waals surface area contributed by atoms with E-state index >= 15 is 0 Å². The van der Waals surface area contributed by atoms with Gasteiger partial charge < -0.3 is 9.88 Å². The van der Waals surface area contributed by atoms with Crippen LogP contribution in [0.2, 0.25) is 0 Å². The molecule has 1 aliphatic carbocycles. The third-order valence-corrected chi connectivity index (χ3v) is 4.95. The Morgan fingerprint density at radius 3 is 2.54 bits per heavy atom. The molecule has 1 saturated carbocycles. The van der Waals surface area contributed by atoms with E-state index in [9.17, 15) is 13.2 Å². The number of nitrogens with zero attached hydrogens (tertiary/aromatic N) is 5. The molecule has 140 valence electrons. The number of hydrogen-bond donors (Lipinski definition) is 1. The largest absolute Gasteiger partial charge is 0.433 e. The number of aromatic nitrogens is 4. The van der Waals surface area contributed by atoms with Crippen LogP contribution in [0.25, 0.3) is 0 Å². The van der Waals surface area contributed by atoms with E-state index in [0.29, 0.717) is 6.04 Å². The van der Waals surface area contributed by atoms with Crippen LogP contribution in [-0.4, -0.2) is 43.6 Å². The predicted molar refractivity (Wildman–Crippen MR) is 89.5 cm³/mol. The van der Waals surface area contributed by atoms with Crippen molar-refractivity contribution in [1.82, 2.24) is 24.4 Å². The van der Waals surface area contributed by atoms with Crippen LogP contribution < -0.4 is 5.32 Å². The fourth-order valence-corrected chi connectivity index (χ4v) is 3.39. The van der Waals surface area contributed by atoms with Crippen molar-refractivity contribution in [3.05, 3.63) is 36.3 Å². The summed E-state index contributed by atoms with van der Waals surface area (Å²) >= 11 is 0. The maximum Gasteiger partial charge on any atom is 0.433 e. The standard InChI is InChI=1S/C17H21F3N6/c18-17(19,20)14-9-15(23-11-22-14)24-12-3-6-25(7-4-12)10-16-21-5-8-26(16)13-1-2-13/h5,8-9,11-13H,1-4,6-7,10H2,(H,22,23,24). The summed E-state index contributed by atoms with van der Waals surface area (Å²) in [7, 11) is 0. The zero-order chi connectivity index (χ0) is 18.1. The second-order valence-corrected chi connectivity index (χ2v) is 6.96. The third-order valence-electron chi connectivity index (χ3n) is 4.95. The molecule has 2 aliphatic rings. The summed E-state index contributed by atoms with van der Waals surface area (Å²) in [4.78, 5) is 14.0. The number of imidazole rings is 1. The molecule has 6 nitrogen and oxygen atoms in total. The molecule has 1 saturated heterocycles. The Bertz CT molecular complexity index is 747. The average Bonchev–Trinajstić information content (AvgIpc) is 3.36. The number of anilines is 1. The van der Waals surface area contributed by atoms with Gasteiger partial charge in [0.25, 0.3) is 0 Å². The Morgan fingerprint density at radius 1 is 1.08 bits per heavy atom. The molecule has 0 amide bonds. The number of alkyl halides is 3. The number of rotatable bonds is 5. The van der Waals surface area contributed by atoms with Gasteiger partial charge in [-0.25, -0.2) is 15.0 Å². The summed E-state index contributed by atoms with van der Waals surface area (Å²) in [6.45, 7) is 2.58. The first-order chi connectivity index (χ1) is 12.5. The van der Waals surface area contributed by atoms with Crippen LogP contribution >= 0.6 is 0 Å².